The van der Waals surface area contributed by atoms with Crippen molar-refractivity contribution in [1.82, 2.24) is 15.0 Å². The Labute approximate surface area is 222 Å². The molecule has 1 atom stereocenters. The van der Waals surface area contributed by atoms with E-state index in [1.165, 1.54) is 0 Å². The first-order valence-electron chi connectivity index (χ1n) is 11.9. The number of nitrogens with zero attached hydrogens (tertiary/aromatic N) is 3. The van der Waals surface area contributed by atoms with Crippen LogP contribution >= 0.6 is 16.8 Å². The van der Waals surface area contributed by atoms with Gasteiger partial charge in [0.2, 0.25) is 0 Å². The highest BCUT2D eigenvalue weighted by Crippen LogP contribution is 2.57. The Morgan fingerprint density at radius 3 is 1.92 bits per heavy atom. The van der Waals surface area contributed by atoms with Crippen LogP contribution in [0.2, 0.25) is 0 Å². The molecule has 0 saturated carbocycles. The Balaban J connectivity index is 1.70. The predicted octanol–water partition coefficient (Wildman–Crippen LogP) is 5.70. The summed E-state index contributed by atoms with van der Waals surface area (Å²) in [7, 11) is -5.48. The zero-order valence-electron chi connectivity index (χ0n) is 21.1. The molecule has 0 spiro atoms. The monoisotopic (exact) mass is 559 g/mol. The van der Waals surface area contributed by atoms with Crippen LogP contribution in [-0.2, 0) is 13.6 Å². The zero-order valence-corrected chi connectivity index (χ0v) is 22.9. The third kappa shape index (κ3) is 6.89. The smallest absolute Gasteiger partial charge is 0.427 e. The van der Waals surface area contributed by atoms with Crippen molar-refractivity contribution in [2.24, 2.45) is 0 Å². The van der Waals surface area contributed by atoms with E-state index in [1.807, 2.05) is 12.1 Å². The molecule has 2 aromatic heterocycles. The van der Waals surface area contributed by atoms with E-state index >= 15 is 0 Å². The number of anilines is 1. The lowest BCUT2D eigenvalue weighted by molar-refractivity contribution is 0.133. The summed E-state index contributed by atoms with van der Waals surface area (Å²) in [6.45, 7) is 6.10. The minimum atomic E-state index is -3.48. The average Bonchev–Trinajstić information content (AvgIpc) is 2.89. The second-order valence-corrected chi connectivity index (χ2v) is 10.2. The molecule has 0 radical (unpaired) electrons. The Bertz CT molecular complexity index is 1350. The molecular formula is C25H29N4O7P2+. The predicted molar refractivity (Wildman–Crippen MR) is 147 cm³/mol. The molecule has 38 heavy (non-hydrogen) atoms. The number of hydrogen-bond donors (Lipinski definition) is 3. The molecule has 0 saturated heterocycles. The van der Waals surface area contributed by atoms with E-state index in [-0.39, 0.29) is 13.2 Å². The second-order valence-electron chi connectivity index (χ2n) is 7.69. The maximum absolute atomic E-state index is 10.6. The first-order valence-corrected chi connectivity index (χ1v) is 14.5. The number of nitrogen functional groups attached to an aromatic ring is 1. The molecule has 4 rings (SSSR count). The molecule has 0 bridgehead atoms. The number of nitrogens with two attached hydrogens (primary N) is 1. The van der Waals surface area contributed by atoms with Gasteiger partial charge in [0, 0.05) is 11.1 Å². The Hall–Kier alpha value is -3.01. The van der Waals surface area contributed by atoms with Crippen LogP contribution in [0.5, 0.6) is 11.5 Å². The summed E-state index contributed by atoms with van der Waals surface area (Å²) in [4.78, 5) is 34.3. The fourth-order valence-corrected chi connectivity index (χ4v) is 5.28. The van der Waals surface area contributed by atoms with Gasteiger partial charge in [0.15, 0.2) is 11.4 Å². The molecule has 2 aromatic carbocycles. The number of hydrogen-bond acceptors (Lipinski definition) is 11. The van der Waals surface area contributed by atoms with Crippen LogP contribution in [0.25, 0.3) is 33.7 Å². The van der Waals surface area contributed by atoms with Gasteiger partial charge < -0.3 is 19.7 Å². The standard InChI is InChI=1S/C25H29N4O7P2/c1-4-32-37(30)35-19-11-7-17(8-12-19)23-24(29-25-21(27-23)15-16-22(26)28-25)18-9-13-20(14-10-18)36-38(31,33-5-2)34-6-3/h7-16,30-31H,4-6H2,1-3H3,(H2,26,28,29)/q+1. The first-order chi connectivity index (χ1) is 18.3. The van der Waals surface area contributed by atoms with Gasteiger partial charge in [-0.1, -0.05) is 0 Å². The fraction of sp³-hybridized carbons (Fsp3) is 0.240. The van der Waals surface area contributed by atoms with Gasteiger partial charge in [-0.2, -0.15) is 4.89 Å². The number of aromatic nitrogens is 3. The summed E-state index contributed by atoms with van der Waals surface area (Å²) in [5.74, 6) is 1.17. The van der Waals surface area contributed by atoms with Crippen LogP contribution in [0.1, 0.15) is 20.8 Å². The largest absolute Gasteiger partial charge is 0.619 e. The van der Waals surface area contributed by atoms with E-state index < -0.39 is 16.8 Å². The molecule has 4 aromatic rings. The van der Waals surface area contributed by atoms with Crippen molar-refractivity contribution >= 4 is 33.8 Å². The molecule has 13 heteroatoms. The quantitative estimate of drug-likeness (QED) is 0.183. The number of benzene rings is 2. The lowest BCUT2D eigenvalue weighted by Crippen LogP contribution is -2.09. The fourth-order valence-electron chi connectivity index (χ4n) is 3.48. The normalized spacial score (nSPS) is 12.4. The molecular weight excluding hydrogens is 530 g/mol. The van der Waals surface area contributed by atoms with Crippen molar-refractivity contribution in [2.45, 2.75) is 20.8 Å². The van der Waals surface area contributed by atoms with E-state index in [9.17, 15) is 9.79 Å². The summed E-state index contributed by atoms with van der Waals surface area (Å²) in [5.41, 5.74) is 9.54. The van der Waals surface area contributed by atoms with E-state index in [0.29, 0.717) is 46.5 Å². The Morgan fingerprint density at radius 1 is 0.763 bits per heavy atom. The highest BCUT2D eigenvalue weighted by Gasteiger charge is 2.45. The lowest BCUT2D eigenvalue weighted by atomic mass is 10.0. The van der Waals surface area contributed by atoms with Crippen molar-refractivity contribution < 1.29 is 32.4 Å². The molecule has 1 unspecified atom stereocenters. The number of pyridine rings is 1. The van der Waals surface area contributed by atoms with Gasteiger partial charge in [-0.15, -0.1) is 9.05 Å². The van der Waals surface area contributed by atoms with E-state index in [1.54, 1.807) is 69.3 Å². The number of fused-ring (bicyclic) bond motifs is 1. The minimum Gasteiger partial charge on any atom is -0.427 e. The molecule has 11 nitrogen and oxygen atoms in total. The van der Waals surface area contributed by atoms with Crippen LogP contribution in [0.4, 0.5) is 5.82 Å². The highest BCUT2D eigenvalue weighted by molar-refractivity contribution is 7.55. The van der Waals surface area contributed by atoms with Crippen molar-refractivity contribution in [3.63, 3.8) is 0 Å². The van der Waals surface area contributed by atoms with E-state index in [0.717, 1.165) is 11.1 Å². The van der Waals surface area contributed by atoms with Crippen LogP contribution in [0.3, 0.4) is 0 Å². The molecule has 0 fully saturated rings. The van der Waals surface area contributed by atoms with Gasteiger partial charge in [-0.3, -0.25) is 4.52 Å². The summed E-state index contributed by atoms with van der Waals surface area (Å²) >= 11 is 0. The third-order valence-corrected chi connectivity index (χ3v) is 7.49. The summed E-state index contributed by atoms with van der Waals surface area (Å²) < 4.78 is 26.8. The van der Waals surface area contributed by atoms with Crippen molar-refractivity contribution in [3.8, 4) is 34.0 Å². The summed E-state index contributed by atoms with van der Waals surface area (Å²) in [6.07, 6.45) is 0. The minimum absolute atomic E-state index is 0.240. The van der Waals surface area contributed by atoms with E-state index in [2.05, 4.69) is 4.98 Å². The average molecular weight is 559 g/mol. The topological polar surface area (TPSA) is 151 Å². The lowest BCUT2D eigenvalue weighted by Gasteiger charge is -2.15. The molecule has 4 N–H and O–H groups in total. The maximum Gasteiger partial charge on any atom is 0.619 e. The van der Waals surface area contributed by atoms with E-state index in [4.69, 9.17) is 38.3 Å². The zero-order chi connectivity index (χ0) is 27.1. The summed E-state index contributed by atoms with van der Waals surface area (Å²) in [5, 5.41) is 0. The Kier molecular flexibility index (Phi) is 9.35. The molecule has 0 aliphatic heterocycles. The molecule has 200 valence electrons. The van der Waals surface area contributed by atoms with Crippen LogP contribution in [-0.4, -0.2) is 44.6 Å². The SMILES string of the molecule is CCOP(O)Oc1ccc(-c2nc3ccc(N)nc3nc2-c2ccc(O[P+](O)(OCC)OCC)cc2)cc1. The second kappa shape index (κ2) is 12.7. The number of rotatable bonds is 12. The van der Waals surface area contributed by atoms with Gasteiger partial charge in [0.1, 0.15) is 17.1 Å². The summed E-state index contributed by atoms with van der Waals surface area (Å²) in [6, 6.07) is 17.5. The van der Waals surface area contributed by atoms with Gasteiger partial charge >= 0.3 is 16.8 Å². The molecule has 0 amide bonds. The maximum atomic E-state index is 10.6. The van der Waals surface area contributed by atoms with Gasteiger partial charge in [0.05, 0.1) is 31.2 Å². The van der Waals surface area contributed by atoms with Gasteiger partial charge in [0.25, 0.3) is 0 Å². The first kappa shape index (κ1) is 28.0. The van der Waals surface area contributed by atoms with Crippen molar-refractivity contribution in [2.75, 3.05) is 25.6 Å². The molecule has 0 aliphatic rings. The molecule has 0 aliphatic carbocycles. The van der Waals surface area contributed by atoms with Gasteiger partial charge in [-0.05, 0) is 81.4 Å². The molecule has 2 heterocycles. The van der Waals surface area contributed by atoms with Crippen LogP contribution < -0.4 is 14.8 Å². The van der Waals surface area contributed by atoms with Crippen molar-refractivity contribution in [1.29, 1.82) is 0 Å². The highest BCUT2D eigenvalue weighted by atomic mass is 31.2. The van der Waals surface area contributed by atoms with Crippen molar-refractivity contribution in [3.05, 3.63) is 60.7 Å². The van der Waals surface area contributed by atoms with Gasteiger partial charge in [-0.25, -0.2) is 15.0 Å². The third-order valence-electron chi connectivity index (χ3n) is 5.03. The van der Waals surface area contributed by atoms with Crippen LogP contribution in [0, 0.1) is 0 Å². The Morgan fingerprint density at radius 2 is 1.34 bits per heavy atom. The van der Waals surface area contributed by atoms with Crippen LogP contribution in [0.15, 0.2) is 60.7 Å².